The number of Topliss-reactive ketones (excluding diaryl/α,β-unsaturated/α-hetero) is 2. The molecule has 0 saturated heterocycles. The van der Waals surface area contributed by atoms with Crippen LogP contribution in [0.15, 0.2) is 101 Å². The van der Waals surface area contributed by atoms with Gasteiger partial charge in [0, 0.05) is 53.5 Å². The number of rotatable bonds is 7. The van der Waals surface area contributed by atoms with Crippen molar-refractivity contribution in [3.63, 3.8) is 0 Å². The highest BCUT2D eigenvalue weighted by Crippen LogP contribution is 2.54. The molecule has 0 aromatic heterocycles. The van der Waals surface area contributed by atoms with Crippen molar-refractivity contribution in [3.05, 3.63) is 118 Å². The number of nitrogens with one attached hydrogen (secondary N) is 1. The van der Waals surface area contributed by atoms with Gasteiger partial charge in [0.05, 0.1) is 0 Å². The third-order valence-corrected chi connectivity index (χ3v) is 9.12. The Morgan fingerprint density at radius 1 is 0.778 bits per heavy atom. The van der Waals surface area contributed by atoms with Gasteiger partial charge in [-0.25, -0.2) is 0 Å². The number of nitrogens with zero attached hydrogens (tertiary/aromatic N) is 1. The van der Waals surface area contributed by atoms with Gasteiger partial charge in [0.15, 0.2) is 18.2 Å². The Morgan fingerprint density at radius 3 is 1.89 bits per heavy atom. The minimum atomic E-state index is -0.423. The molecule has 6 rings (SSSR count). The number of anilines is 1. The van der Waals surface area contributed by atoms with Crippen molar-refractivity contribution in [1.29, 1.82) is 0 Å². The molecule has 0 spiro atoms. The minimum absolute atomic E-state index is 0.113. The average molecular weight is 603 g/mol. The fourth-order valence-corrected chi connectivity index (χ4v) is 7.08. The number of ether oxygens (including phenoxy) is 1. The lowest BCUT2D eigenvalue weighted by molar-refractivity contribution is -0.120. The van der Waals surface area contributed by atoms with Crippen LogP contribution < -0.4 is 10.1 Å². The van der Waals surface area contributed by atoms with E-state index in [4.69, 9.17) is 4.74 Å². The number of aryl methyl sites for hydroxylation is 1. The molecule has 6 nitrogen and oxygen atoms in total. The van der Waals surface area contributed by atoms with Crippen molar-refractivity contribution in [2.75, 3.05) is 11.9 Å². The SMILES string of the molecule is Cc1ccc(NC(=O)COc2ccc(C3C4=C(CC(C)(C)CC4=O)N(Cc4ccccc4)C4=C3C(=O)CC(C)(C)C4)cc2)cc1. The van der Waals surface area contributed by atoms with E-state index in [1.807, 2.05) is 73.7 Å². The molecule has 3 aromatic carbocycles. The summed E-state index contributed by atoms with van der Waals surface area (Å²) in [5.41, 5.74) is 7.11. The van der Waals surface area contributed by atoms with Crippen LogP contribution in [0, 0.1) is 17.8 Å². The Balaban J connectivity index is 1.34. The van der Waals surface area contributed by atoms with Crippen LogP contribution in [0.2, 0.25) is 0 Å². The summed E-state index contributed by atoms with van der Waals surface area (Å²) < 4.78 is 5.82. The minimum Gasteiger partial charge on any atom is -0.484 e. The van der Waals surface area contributed by atoms with Gasteiger partial charge in [-0.05, 0) is 66.0 Å². The fraction of sp³-hybridized carbons (Fsp3) is 0.359. The van der Waals surface area contributed by atoms with Crippen molar-refractivity contribution in [3.8, 4) is 5.75 Å². The van der Waals surface area contributed by atoms with E-state index in [0.29, 0.717) is 25.1 Å². The molecule has 1 N–H and O–H groups in total. The van der Waals surface area contributed by atoms with E-state index in [2.05, 4.69) is 50.0 Å². The summed E-state index contributed by atoms with van der Waals surface area (Å²) in [6, 6.07) is 25.5. The Labute approximate surface area is 266 Å². The molecule has 0 atom stereocenters. The van der Waals surface area contributed by atoms with Gasteiger partial charge in [0.25, 0.3) is 5.91 Å². The normalized spacial score (nSPS) is 19.3. The maximum Gasteiger partial charge on any atom is 0.262 e. The molecule has 1 amide bonds. The van der Waals surface area contributed by atoms with Gasteiger partial charge in [0.2, 0.25) is 0 Å². The highest BCUT2D eigenvalue weighted by molar-refractivity contribution is 6.06. The molecule has 232 valence electrons. The lowest BCUT2D eigenvalue weighted by Gasteiger charge is -2.49. The van der Waals surface area contributed by atoms with Crippen molar-refractivity contribution in [1.82, 2.24) is 4.90 Å². The number of amides is 1. The quantitative estimate of drug-likeness (QED) is 0.298. The number of benzene rings is 3. The van der Waals surface area contributed by atoms with Crippen LogP contribution in [0.25, 0.3) is 0 Å². The summed E-state index contributed by atoms with van der Waals surface area (Å²) in [5.74, 6) is 0.107. The predicted molar refractivity (Wildman–Crippen MR) is 177 cm³/mol. The Hall–Kier alpha value is -4.45. The highest BCUT2D eigenvalue weighted by Gasteiger charge is 2.48. The summed E-state index contributed by atoms with van der Waals surface area (Å²) in [4.78, 5) is 42.9. The molecule has 0 saturated carbocycles. The Morgan fingerprint density at radius 2 is 1.33 bits per heavy atom. The van der Waals surface area contributed by atoms with Crippen LogP contribution in [-0.4, -0.2) is 29.0 Å². The first-order valence-corrected chi connectivity index (χ1v) is 15.8. The average Bonchev–Trinajstić information content (AvgIpc) is 2.97. The summed E-state index contributed by atoms with van der Waals surface area (Å²) in [6.45, 7) is 11.1. The van der Waals surface area contributed by atoms with E-state index in [9.17, 15) is 14.4 Å². The van der Waals surface area contributed by atoms with Crippen molar-refractivity contribution in [2.24, 2.45) is 10.8 Å². The van der Waals surface area contributed by atoms with Crippen LogP contribution in [0.3, 0.4) is 0 Å². The van der Waals surface area contributed by atoms with E-state index in [1.165, 1.54) is 0 Å². The van der Waals surface area contributed by atoms with Crippen molar-refractivity contribution < 1.29 is 19.1 Å². The lowest BCUT2D eigenvalue weighted by atomic mass is 9.63. The molecule has 0 radical (unpaired) electrons. The number of ketones is 2. The maximum absolute atomic E-state index is 14.1. The van der Waals surface area contributed by atoms with E-state index < -0.39 is 5.92 Å². The molecular weight excluding hydrogens is 560 g/mol. The van der Waals surface area contributed by atoms with Gasteiger partial charge in [0.1, 0.15) is 5.75 Å². The molecule has 0 bridgehead atoms. The molecule has 1 heterocycles. The molecular formula is C39H42N2O4. The molecule has 6 heteroatoms. The molecule has 2 aliphatic carbocycles. The smallest absolute Gasteiger partial charge is 0.262 e. The molecule has 45 heavy (non-hydrogen) atoms. The number of carbonyl (C=O) groups excluding carboxylic acids is 3. The third kappa shape index (κ3) is 6.51. The van der Waals surface area contributed by atoms with Crippen LogP contribution in [0.1, 0.15) is 76.0 Å². The molecule has 3 aliphatic rings. The highest BCUT2D eigenvalue weighted by atomic mass is 16.5. The van der Waals surface area contributed by atoms with E-state index in [0.717, 1.165) is 57.8 Å². The first kappa shape index (κ1) is 30.6. The Bertz CT molecular complexity index is 1640. The second-order valence-electron chi connectivity index (χ2n) is 14.4. The van der Waals surface area contributed by atoms with Gasteiger partial charge in [-0.3, -0.25) is 14.4 Å². The summed E-state index contributed by atoms with van der Waals surface area (Å²) in [7, 11) is 0. The molecule has 1 aliphatic heterocycles. The predicted octanol–water partition coefficient (Wildman–Crippen LogP) is 7.90. The van der Waals surface area contributed by atoms with Crippen molar-refractivity contribution in [2.45, 2.75) is 72.8 Å². The van der Waals surface area contributed by atoms with E-state index in [-0.39, 0.29) is 34.9 Å². The molecule has 0 unspecified atom stereocenters. The van der Waals surface area contributed by atoms with Gasteiger partial charge in [-0.1, -0.05) is 87.9 Å². The number of hydrogen-bond donors (Lipinski definition) is 1. The van der Waals surface area contributed by atoms with Crippen LogP contribution in [-0.2, 0) is 20.9 Å². The molecule has 0 fully saturated rings. The van der Waals surface area contributed by atoms with Gasteiger partial charge < -0.3 is 15.0 Å². The zero-order valence-electron chi connectivity index (χ0n) is 26.9. The zero-order chi connectivity index (χ0) is 31.9. The van der Waals surface area contributed by atoms with E-state index in [1.54, 1.807) is 0 Å². The van der Waals surface area contributed by atoms with Crippen LogP contribution >= 0.6 is 0 Å². The van der Waals surface area contributed by atoms with Crippen molar-refractivity contribution >= 4 is 23.2 Å². The number of hydrogen-bond acceptors (Lipinski definition) is 5. The standard InChI is InChI=1S/C39H42N2O4/c1-25-11-15-28(16-12-25)40-34(44)24-45-29-17-13-27(14-18-29)35-36-30(19-38(2,3)21-32(36)42)41(23-26-9-7-6-8-10-26)31-20-39(4,5)22-33(43)37(31)35/h6-18,35H,19-24H2,1-5H3,(H,40,44). The summed E-state index contributed by atoms with van der Waals surface area (Å²) in [5, 5.41) is 2.85. The first-order chi connectivity index (χ1) is 21.4. The zero-order valence-corrected chi connectivity index (χ0v) is 26.9. The van der Waals surface area contributed by atoms with Gasteiger partial charge in [-0.15, -0.1) is 0 Å². The third-order valence-electron chi connectivity index (χ3n) is 9.12. The summed E-state index contributed by atoms with van der Waals surface area (Å²) in [6.07, 6.45) is 2.42. The first-order valence-electron chi connectivity index (χ1n) is 15.8. The van der Waals surface area contributed by atoms with Gasteiger partial charge in [-0.2, -0.15) is 0 Å². The van der Waals surface area contributed by atoms with Crippen LogP contribution in [0.4, 0.5) is 5.69 Å². The Kier molecular flexibility index (Phi) is 8.02. The lowest BCUT2D eigenvalue weighted by Crippen LogP contribution is -2.44. The van der Waals surface area contributed by atoms with E-state index >= 15 is 0 Å². The number of carbonyl (C=O) groups is 3. The van der Waals surface area contributed by atoms with Gasteiger partial charge >= 0.3 is 0 Å². The monoisotopic (exact) mass is 602 g/mol. The summed E-state index contributed by atoms with van der Waals surface area (Å²) >= 11 is 0. The molecule has 3 aromatic rings. The topological polar surface area (TPSA) is 75.7 Å². The maximum atomic E-state index is 14.1. The fourth-order valence-electron chi connectivity index (χ4n) is 7.08. The second-order valence-corrected chi connectivity index (χ2v) is 14.4. The largest absolute Gasteiger partial charge is 0.484 e. The van der Waals surface area contributed by atoms with Crippen LogP contribution in [0.5, 0.6) is 5.75 Å². The number of allylic oxidation sites excluding steroid dienone is 4. The second kappa shape index (κ2) is 11.8.